The topological polar surface area (TPSA) is 47.6 Å². The van der Waals surface area contributed by atoms with Crippen LogP contribution in [0, 0.1) is 0 Å². The number of carbonyl (C=O) groups excluding carboxylic acids is 1. The molecule has 1 amide bonds. The molecule has 0 saturated heterocycles. The predicted octanol–water partition coefficient (Wildman–Crippen LogP) is -0.215. The molecule has 4 heteroatoms. The first-order chi connectivity index (χ1) is 5.31. The Kier molecular flexibility index (Phi) is 7.08. The molecule has 0 heterocycles. The molecule has 4 nitrogen and oxygen atoms in total. The van der Waals surface area contributed by atoms with Gasteiger partial charge in [0.15, 0.2) is 0 Å². The quantitative estimate of drug-likeness (QED) is 0.548. The van der Waals surface area contributed by atoms with Crippen LogP contribution in [0.25, 0.3) is 0 Å². The van der Waals surface area contributed by atoms with Crippen LogP contribution in [0.15, 0.2) is 0 Å². The van der Waals surface area contributed by atoms with E-state index in [1.807, 2.05) is 6.92 Å². The first-order valence-electron chi connectivity index (χ1n) is 3.64. The lowest BCUT2D eigenvalue weighted by Gasteiger charge is -2.03. The molecule has 1 N–H and O–H groups in total. The number of hydrogen-bond donors (Lipinski definition) is 1. The fraction of sp³-hybridized carbons (Fsp3) is 0.857. The van der Waals surface area contributed by atoms with Crippen LogP contribution in [0.5, 0.6) is 0 Å². The Morgan fingerprint density at radius 2 is 2.27 bits per heavy atom. The van der Waals surface area contributed by atoms with E-state index in [1.165, 1.54) is 0 Å². The second-order valence-corrected chi connectivity index (χ2v) is 1.98. The number of carbonyl (C=O) groups is 1. The lowest BCUT2D eigenvalue weighted by Crippen LogP contribution is -2.30. The average molecular weight is 161 g/mol. The lowest BCUT2D eigenvalue weighted by molar-refractivity contribution is -0.125. The van der Waals surface area contributed by atoms with E-state index >= 15 is 0 Å². The Labute approximate surface area is 66.9 Å². The first kappa shape index (κ1) is 10.4. The standard InChI is InChI=1S/C7H15NO3/c1-3-11-6-7(9)8-4-5-10-2/h3-6H2,1-2H3,(H,8,9). The van der Waals surface area contributed by atoms with Crippen LogP contribution in [-0.4, -0.2) is 39.4 Å². The van der Waals surface area contributed by atoms with Crippen molar-refractivity contribution in [1.29, 1.82) is 0 Å². The zero-order chi connectivity index (χ0) is 8.53. The van der Waals surface area contributed by atoms with E-state index in [9.17, 15) is 4.79 Å². The maximum absolute atomic E-state index is 10.8. The molecule has 0 bridgehead atoms. The van der Waals surface area contributed by atoms with Gasteiger partial charge in [-0.05, 0) is 6.92 Å². The van der Waals surface area contributed by atoms with E-state index in [4.69, 9.17) is 9.47 Å². The molecule has 0 aliphatic rings. The number of nitrogens with one attached hydrogen (secondary N) is 1. The fourth-order valence-corrected chi connectivity index (χ4v) is 0.538. The Balaban J connectivity index is 3.09. The van der Waals surface area contributed by atoms with Crippen LogP contribution in [0.2, 0.25) is 0 Å². The fourth-order valence-electron chi connectivity index (χ4n) is 0.538. The molecule has 0 atom stereocenters. The predicted molar refractivity (Wildman–Crippen MR) is 41.4 cm³/mol. The molecule has 0 aromatic rings. The third-order valence-corrected chi connectivity index (χ3v) is 1.07. The highest BCUT2D eigenvalue weighted by atomic mass is 16.5. The van der Waals surface area contributed by atoms with E-state index in [0.717, 1.165) is 0 Å². The summed E-state index contributed by atoms with van der Waals surface area (Å²) in [5.74, 6) is -0.0936. The highest BCUT2D eigenvalue weighted by Crippen LogP contribution is 1.73. The summed E-state index contributed by atoms with van der Waals surface area (Å²) < 4.78 is 9.61. The Bertz CT molecular complexity index is 106. The molecule has 0 radical (unpaired) electrons. The molecule has 0 spiro atoms. The zero-order valence-corrected chi connectivity index (χ0v) is 7.05. The van der Waals surface area contributed by atoms with Crippen molar-refractivity contribution in [2.75, 3.05) is 33.5 Å². The highest BCUT2D eigenvalue weighted by Gasteiger charge is 1.97. The van der Waals surface area contributed by atoms with Gasteiger partial charge in [-0.2, -0.15) is 0 Å². The highest BCUT2D eigenvalue weighted by molar-refractivity contribution is 5.77. The minimum Gasteiger partial charge on any atom is -0.383 e. The number of amides is 1. The summed E-state index contributed by atoms with van der Waals surface area (Å²) in [5.41, 5.74) is 0. The van der Waals surface area contributed by atoms with Crippen LogP contribution < -0.4 is 5.32 Å². The van der Waals surface area contributed by atoms with Crippen molar-refractivity contribution in [3.8, 4) is 0 Å². The third-order valence-electron chi connectivity index (χ3n) is 1.07. The molecule has 0 rings (SSSR count). The largest absolute Gasteiger partial charge is 0.383 e. The molecule has 11 heavy (non-hydrogen) atoms. The smallest absolute Gasteiger partial charge is 0.246 e. The van der Waals surface area contributed by atoms with Gasteiger partial charge in [-0.1, -0.05) is 0 Å². The normalized spacial score (nSPS) is 9.64. The van der Waals surface area contributed by atoms with Gasteiger partial charge in [-0.3, -0.25) is 4.79 Å². The molecule has 0 aliphatic carbocycles. The second-order valence-electron chi connectivity index (χ2n) is 1.98. The van der Waals surface area contributed by atoms with Crippen LogP contribution >= 0.6 is 0 Å². The summed E-state index contributed by atoms with van der Waals surface area (Å²) in [5, 5.41) is 2.63. The molecular weight excluding hydrogens is 146 g/mol. The zero-order valence-electron chi connectivity index (χ0n) is 7.05. The van der Waals surface area contributed by atoms with Crippen molar-refractivity contribution >= 4 is 5.91 Å². The molecule has 0 aromatic carbocycles. The summed E-state index contributed by atoms with van der Waals surface area (Å²) in [6.45, 7) is 3.64. The van der Waals surface area contributed by atoms with Crippen molar-refractivity contribution in [2.45, 2.75) is 6.92 Å². The Hall–Kier alpha value is -0.610. The summed E-state index contributed by atoms with van der Waals surface area (Å²) in [6.07, 6.45) is 0. The molecular formula is C7H15NO3. The number of ether oxygens (including phenoxy) is 2. The van der Waals surface area contributed by atoms with Gasteiger partial charge in [0.1, 0.15) is 6.61 Å². The maximum atomic E-state index is 10.8. The van der Waals surface area contributed by atoms with Crippen LogP contribution in [0.1, 0.15) is 6.92 Å². The van der Waals surface area contributed by atoms with Crippen molar-refractivity contribution in [3.63, 3.8) is 0 Å². The lowest BCUT2D eigenvalue weighted by atomic mass is 10.6. The molecule has 0 saturated carbocycles. The third kappa shape index (κ3) is 7.29. The monoisotopic (exact) mass is 161 g/mol. The Morgan fingerprint density at radius 3 is 2.82 bits per heavy atom. The van der Waals surface area contributed by atoms with Gasteiger partial charge in [0.2, 0.25) is 5.91 Å². The summed E-state index contributed by atoms with van der Waals surface area (Å²) in [7, 11) is 1.59. The van der Waals surface area contributed by atoms with Crippen LogP contribution in [0.4, 0.5) is 0 Å². The SMILES string of the molecule is CCOCC(=O)NCCOC. The van der Waals surface area contributed by atoms with E-state index < -0.39 is 0 Å². The van der Waals surface area contributed by atoms with E-state index in [2.05, 4.69) is 5.32 Å². The number of rotatable bonds is 6. The van der Waals surface area contributed by atoms with Gasteiger partial charge in [0.05, 0.1) is 6.61 Å². The number of methoxy groups -OCH3 is 1. The van der Waals surface area contributed by atoms with Crippen LogP contribution in [-0.2, 0) is 14.3 Å². The average Bonchev–Trinajstić information content (AvgIpc) is 2.01. The van der Waals surface area contributed by atoms with Gasteiger partial charge in [-0.25, -0.2) is 0 Å². The van der Waals surface area contributed by atoms with Gasteiger partial charge >= 0.3 is 0 Å². The summed E-state index contributed by atoms with van der Waals surface area (Å²) in [6, 6.07) is 0. The van der Waals surface area contributed by atoms with Gasteiger partial charge in [-0.15, -0.1) is 0 Å². The first-order valence-corrected chi connectivity index (χ1v) is 3.64. The van der Waals surface area contributed by atoms with Gasteiger partial charge in [0, 0.05) is 20.3 Å². The van der Waals surface area contributed by atoms with Crippen molar-refractivity contribution in [1.82, 2.24) is 5.32 Å². The Morgan fingerprint density at radius 1 is 1.55 bits per heavy atom. The minimum absolute atomic E-state index is 0.0936. The van der Waals surface area contributed by atoms with Crippen molar-refractivity contribution < 1.29 is 14.3 Å². The summed E-state index contributed by atoms with van der Waals surface area (Å²) in [4.78, 5) is 10.8. The van der Waals surface area contributed by atoms with E-state index in [-0.39, 0.29) is 12.5 Å². The molecule has 0 fully saturated rings. The maximum Gasteiger partial charge on any atom is 0.246 e. The van der Waals surface area contributed by atoms with E-state index in [1.54, 1.807) is 7.11 Å². The molecule has 0 unspecified atom stereocenters. The van der Waals surface area contributed by atoms with Crippen molar-refractivity contribution in [2.24, 2.45) is 0 Å². The van der Waals surface area contributed by atoms with Gasteiger partial charge < -0.3 is 14.8 Å². The summed E-state index contributed by atoms with van der Waals surface area (Å²) >= 11 is 0. The van der Waals surface area contributed by atoms with E-state index in [0.29, 0.717) is 19.8 Å². The van der Waals surface area contributed by atoms with Crippen molar-refractivity contribution in [3.05, 3.63) is 0 Å². The molecule has 0 aromatic heterocycles. The molecule has 66 valence electrons. The second kappa shape index (κ2) is 7.50. The van der Waals surface area contributed by atoms with Gasteiger partial charge in [0.25, 0.3) is 0 Å². The minimum atomic E-state index is -0.0936. The number of hydrogen-bond acceptors (Lipinski definition) is 3. The molecule has 0 aliphatic heterocycles. The van der Waals surface area contributed by atoms with Crippen LogP contribution in [0.3, 0.4) is 0 Å².